The normalized spacial score (nSPS) is 28.2. The van der Waals surface area contributed by atoms with E-state index in [-0.39, 0.29) is 35.6 Å². The van der Waals surface area contributed by atoms with Crippen LogP contribution in [0.2, 0.25) is 0 Å². The average molecular weight is 463 g/mol. The van der Waals surface area contributed by atoms with E-state index in [1.807, 2.05) is 0 Å². The van der Waals surface area contributed by atoms with Crippen LogP contribution in [-0.2, 0) is 24.1 Å². The van der Waals surface area contributed by atoms with Crippen LogP contribution in [0.5, 0.6) is 0 Å². The van der Waals surface area contributed by atoms with Crippen LogP contribution in [0, 0.1) is 0 Å². The largest absolute Gasteiger partial charge is 0.460 e. The predicted octanol–water partition coefficient (Wildman–Crippen LogP) is -2.15. The monoisotopic (exact) mass is 462 g/mol. The van der Waals surface area contributed by atoms with Gasteiger partial charge in [-0.2, -0.15) is 4.98 Å². The Labute approximate surface area is 177 Å². The molecule has 4 atom stereocenters. The molecular weight excluding hydrogens is 440 g/mol. The Kier molecular flexibility index (Phi) is 6.71. The Morgan fingerprint density at radius 1 is 1.43 bits per heavy atom. The van der Waals surface area contributed by atoms with Crippen molar-refractivity contribution < 1.29 is 32.9 Å². The van der Waals surface area contributed by atoms with E-state index in [1.165, 1.54) is 19.2 Å². The van der Waals surface area contributed by atoms with Crippen molar-refractivity contribution >= 4 is 39.0 Å². The first-order chi connectivity index (χ1) is 14.1. The van der Waals surface area contributed by atoms with Gasteiger partial charge in [-0.3, -0.25) is 9.36 Å². The maximum atomic E-state index is 12.4. The third-order valence-electron chi connectivity index (χ3n) is 4.74. The van der Waals surface area contributed by atoms with Gasteiger partial charge in [0.1, 0.15) is 18.0 Å². The number of hydrogen-bond donors (Lipinski definition) is 3. The summed E-state index contributed by atoms with van der Waals surface area (Å²) in [6.45, 7) is 1.03. The SMILES string of the molecule is CC(=O)Nc1ccn([C@@H]2O[C@H](CO)C(O)C2OC(=S)N2CCS(=O)(=O)CC2)c(=O)n1. The van der Waals surface area contributed by atoms with Gasteiger partial charge in [0.2, 0.25) is 5.91 Å². The third kappa shape index (κ3) is 4.95. The van der Waals surface area contributed by atoms with Gasteiger partial charge in [0.15, 0.2) is 22.2 Å². The van der Waals surface area contributed by atoms with Crippen LogP contribution in [0.15, 0.2) is 17.1 Å². The molecule has 2 aliphatic heterocycles. The van der Waals surface area contributed by atoms with Crippen molar-refractivity contribution in [3.63, 3.8) is 0 Å². The lowest BCUT2D eigenvalue weighted by Crippen LogP contribution is -2.47. The zero-order chi connectivity index (χ0) is 22.1. The van der Waals surface area contributed by atoms with Crippen LogP contribution in [-0.4, -0.2) is 93.7 Å². The first-order valence-electron chi connectivity index (χ1n) is 9.08. The highest BCUT2D eigenvalue weighted by Gasteiger charge is 2.47. The maximum absolute atomic E-state index is 12.4. The van der Waals surface area contributed by atoms with Crippen LogP contribution < -0.4 is 11.0 Å². The molecule has 0 spiro atoms. The van der Waals surface area contributed by atoms with Crippen molar-refractivity contribution in [3.8, 4) is 0 Å². The van der Waals surface area contributed by atoms with E-state index in [0.29, 0.717) is 0 Å². The second-order valence-electron chi connectivity index (χ2n) is 6.91. The summed E-state index contributed by atoms with van der Waals surface area (Å²) in [6.07, 6.45) is -3.35. The summed E-state index contributed by atoms with van der Waals surface area (Å²) in [6, 6.07) is 1.37. The second-order valence-corrected chi connectivity index (χ2v) is 9.56. The molecule has 166 valence electrons. The highest BCUT2D eigenvalue weighted by Crippen LogP contribution is 2.31. The van der Waals surface area contributed by atoms with Gasteiger partial charge < -0.3 is 29.9 Å². The number of nitrogens with zero attached hydrogens (tertiary/aromatic N) is 3. The molecule has 14 heteroatoms. The molecule has 0 aliphatic carbocycles. The van der Waals surface area contributed by atoms with Gasteiger partial charge in [0.25, 0.3) is 5.17 Å². The number of aromatic nitrogens is 2. The van der Waals surface area contributed by atoms with E-state index >= 15 is 0 Å². The first-order valence-corrected chi connectivity index (χ1v) is 11.3. The molecule has 1 aromatic rings. The summed E-state index contributed by atoms with van der Waals surface area (Å²) < 4.78 is 35.5. The standard InChI is InChI=1S/C16H22N4O8S2/c1-9(22)17-11-2-3-20(15(24)18-11)14-13(12(23)10(8-21)27-14)28-16(29)19-4-6-30(25,26)7-5-19/h2-3,10,12-14,21,23H,4-8H2,1H3,(H,17,18,22,24)/t10-,12?,13?,14-/m1/s1. The molecule has 2 unspecified atom stereocenters. The number of thiocarbonyl (C=S) groups is 1. The van der Waals surface area contributed by atoms with E-state index < -0.39 is 52.6 Å². The number of ether oxygens (including phenoxy) is 2. The van der Waals surface area contributed by atoms with Crippen LogP contribution in [0.25, 0.3) is 0 Å². The molecule has 30 heavy (non-hydrogen) atoms. The second kappa shape index (κ2) is 8.93. The fourth-order valence-corrected chi connectivity index (χ4v) is 4.66. The van der Waals surface area contributed by atoms with Gasteiger partial charge in [-0.25, -0.2) is 13.2 Å². The lowest BCUT2D eigenvalue weighted by Gasteiger charge is -2.31. The molecule has 1 aromatic heterocycles. The Morgan fingerprint density at radius 3 is 2.67 bits per heavy atom. The molecule has 2 saturated heterocycles. The quantitative estimate of drug-likeness (QED) is 0.419. The summed E-state index contributed by atoms with van der Waals surface area (Å²) in [5.41, 5.74) is -0.777. The minimum Gasteiger partial charge on any atom is -0.460 e. The van der Waals surface area contributed by atoms with E-state index in [0.717, 1.165) is 4.57 Å². The van der Waals surface area contributed by atoms with Crippen molar-refractivity contribution in [1.82, 2.24) is 14.5 Å². The Balaban J connectivity index is 1.80. The van der Waals surface area contributed by atoms with Crippen LogP contribution in [0.1, 0.15) is 13.2 Å². The average Bonchev–Trinajstić information content (AvgIpc) is 2.97. The molecule has 3 N–H and O–H groups in total. The highest BCUT2D eigenvalue weighted by atomic mass is 32.2. The number of carbonyl (C=O) groups excluding carboxylic acids is 1. The molecule has 12 nitrogen and oxygen atoms in total. The third-order valence-corrected chi connectivity index (χ3v) is 6.70. The van der Waals surface area contributed by atoms with Crippen molar-refractivity contribution in [2.24, 2.45) is 0 Å². The Hall–Kier alpha value is -2.13. The van der Waals surface area contributed by atoms with Crippen molar-refractivity contribution in [2.45, 2.75) is 31.5 Å². The van der Waals surface area contributed by atoms with Crippen molar-refractivity contribution in [2.75, 3.05) is 36.5 Å². The van der Waals surface area contributed by atoms with Crippen LogP contribution >= 0.6 is 12.2 Å². The number of aliphatic hydroxyl groups excluding tert-OH is 2. The summed E-state index contributed by atoms with van der Waals surface area (Å²) in [5, 5.41) is 22.3. The summed E-state index contributed by atoms with van der Waals surface area (Å²) in [5.74, 6) is -0.500. The number of anilines is 1. The number of rotatable bonds is 4. The minimum absolute atomic E-state index is 0.0444. The fraction of sp³-hybridized carbons (Fsp3) is 0.625. The van der Waals surface area contributed by atoms with E-state index in [4.69, 9.17) is 21.7 Å². The van der Waals surface area contributed by atoms with Gasteiger partial charge in [0, 0.05) is 26.2 Å². The number of aliphatic hydroxyl groups is 2. The van der Waals surface area contributed by atoms with E-state index in [9.17, 15) is 28.2 Å². The molecule has 0 aromatic carbocycles. The van der Waals surface area contributed by atoms with Crippen molar-refractivity contribution in [3.05, 3.63) is 22.7 Å². The van der Waals surface area contributed by atoms with Gasteiger partial charge in [-0.1, -0.05) is 0 Å². The lowest BCUT2D eigenvalue weighted by molar-refractivity contribution is -0.114. The van der Waals surface area contributed by atoms with Gasteiger partial charge in [-0.15, -0.1) is 0 Å². The Morgan fingerprint density at radius 2 is 2.10 bits per heavy atom. The Bertz CT molecular complexity index is 968. The van der Waals surface area contributed by atoms with Gasteiger partial charge in [-0.05, 0) is 18.3 Å². The molecule has 3 heterocycles. The smallest absolute Gasteiger partial charge is 0.351 e. The molecule has 0 bridgehead atoms. The van der Waals surface area contributed by atoms with Crippen LogP contribution in [0.4, 0.5) is 5.82 Å². The van der Waals surface area contributed by atoms with E-state index in [1.54, 1.807) is 4.90 Å². The zero-order valence-corrected chi connectivity index (χ0v) is 17.6. The summed E-state index contributed by atoms with van der Waals surface area (Å²) in [4.78, 5) is 28.8. The van der Waals surface area contributed by atoms with Gasteiger partial charge >= 0.3 is 5.69 Å². The molecule has 0 radical (unpaired) electrons. The summed E-state index contributed by atoms with van der Waals surface area (Å²) >= 11 is 5.25. The van der Waals surface area contributed by atoms with Gasteiger partial charge in [0.05, 0.1) is 18.1 Å². The number of carbonyl (C=O) groups is 1. The molecular formula is C16H22N4O8S2. The number of sulfone groups is 1. The highest BCUT2D eigenvalue weighted by molar-refractivity contribution is 7.91. The number of hydrogen-bond acceptors (Lipinski definition) is 10. The van der Waals surface area contributed by atoms with Crippen molar-refractivity contribution in [1.29, 1.82) is 0 Å². The van der Waals surface area contributed by atoms with Crippen LogP contribution in [0.3, 0.4) is 0 Å². The molecule has 1 amide bonds. The van der Waals surface area contributed by atoms with E-state index in [2.05, 4.69) is 10.3 Å². The molecule has 3 rings (SSSR count). The molecule has 0 saturated carbocycles. The molecule has 2 aliphatic rings. The predicted molar refractivity (Wildman–Crippen MR) is 108 cm³/mol. The topological polar surface area (TPSA) is 160 Å². The zero-order valence-electron chi connectivity index (χ0n) is 16.0. The first kappa shape index (κ1) is 22.6. The number of nitrogens with one attached hydrogen (secondary N) is 1. The fourth-order valence-electron chi connectivity index (χ4n) is 3.16. The lowest BCUT2D eigenvalue weighted by atomic mass is 10.1. The maximum Gasteiger partial charge on any atom is 0.351 e. The number of amides is 1. The molecule has 2 fully saturated rings. The minimum atomic E-state index is -3.12. The summed E-state index contributed by atoms with van der Waals surface area (Å²) in [7, 11) is -3.12.